The molecule has 0 aliphatic carbocycles. The Bertz CT molecular complexity index is 1290. The van der Waals surface area contributed by atoms with E-state index in [0.29, 0.717) is 34.2 Å². The molecule has 0 saturated heterocycles. The lowest BCUT2D eigenvalue weighted by atomic mass is 10.0. The normalized spacial score (nSPS) is 13.4. The summed E-state index contributed by atoms with van der Waals surface area (Å²) in [6, 6.07) is 17.7. The summed E-state index contributed by atoms with van der Waals surface area (Å²) in [4.78, 5) is 28.5. The van der Waals surface area contributed by atoms with Gasteiger partial charge >= 0.3 is 0 Å². The van der Waals surface area contributed by atoms with Gasteiger partial charge in [0.05, 0.1) is 38.3 Å². The predicted molar refractivity (Wildman–Crippen MR) is 131 cm³/mol. The Balaban J connectivity index is 1.85. The van der Waals surface area contributed by atoms with Crippen molar-refractivity contribution in [1.82, 2.24) is 0 Å². The van der Waals surface area contributed by atoms with E-state index >= 15 is 0 Å². The largest absolute Gasteiger partial charge is 0.497 e. The maximum atomic E-state index is 13.7. The molecule has 3 aromatic carbocycles. The summed E-state index contributed by atoms with van der Waals surface area (Å²) < 4.78 is 16.0. The van der Waals surface area contributed by atoms with Crippen molar-refractivity contribution in [3.63, 3.8) is 0 Å². The molecule has 34 heavy (non-hydrogen) atoms. The number of aryl methyl sites for hydroxylation is 2. The van der Waals surface area contributed by atoms with Crippen LogP contribution < -0.4 is 24.4 Å². The molecule has 0 aromatic heterocycles. The zero-order valence-electron chi connectivity index (χ0n) is 19.8. The van der Waals surface area contributed by atoms with Crippen LogP contribution in [0.1, 0.15) is 16.7 Å². The van der Waals surface area contributed by atoms with Crippen LogP contribution in [0, 0.1) is 13.8 Å². The Morgan fingerprint density at radius 2 is 1.38 bits per heavy atom. The monoisotopic (exact) mass is 458 g/mol. The second kappa shape index (κ2) is 9.31. The fourth-order valence-corrected chi connectivity index (χ4v) is 3.82. The molecule has 0 saturated carbocycles. The minimum absolute atomic E-state index is 0.153. The van der Waals surface area contributed by atoms with Gasteiger partial charge in [0.2, 0.25) is 0 Å². The minimum atomic E-state index is -0.455. The first-order valence-electron chi connectivity index (χ1n) is 10.7. The molecule has 1 N–H and O–H groups in total. The van der Waals surface area contributed by atoms with Gasteiger partial charge in [-0.2, -0.15) is 0 Å². The molecule has 0 fully saturated rings. The van der Waals surface area contributed by atoms with Crippen LogP contribution in [0.5, 0.6) is 17.2 Å². The molecule has 4 rings (SSSR count). The molecule has 1 heterocycles. The zero-order valence-corrected chi connectivity index (χ0v) is 19.8. The van der Waals surface area contributed by atoms with Crippen molar-refractivity contribution >= 4 is 28.8 Å². The topological polar surface area (TPSA) is 77.1 Å². The van der Waals surface area contributed by atoms with E-state index in [1.807, 2.05) is 26.0 Å². The van der Waals surface area contributed by atoms with Crippen molar-refractivity contribution < 1.29 is 23.8 Å². The number of ether oxygens (including phenoxy) is 3. The smallest absolute Gasteiger partial charge is 0.282 e. The highest BCUT2D eigenvalue weighted by molar-refractivity contribution is 6.46. The van der Waals surface area contributed by atoms with Gasteiger partial charge in [0.25, 0.3) is 11.8 Å². The molecule has 1 aliphatic heterocycles. The lowest BCUT2D eigenvalue weighted by Crippen LogP contribution is -2.32. The second-order valence-electron chi connectivity index (χ2n) is 7.88. The molecule has 7 nitrogen and oxygen atoms in total. The molecule has 174 valence electrons. The molecule has 2 amide bonds. The third-order valence-electron chi connectivity index (χ3n) is 5.88. The quantitative estimate of drug-likeness (QED) is 0.516. The van der Waals surface area contributed by atoms with E-state index in [1.54, 1.807) is 62.8 Å². The first-order valence-corrected chi connectivity index (χ1v) is 10.7. The Hall–Kier alpha value is -4.26. The van der Waals surface area contributed by atoms with Crippen LogP contribution in [-0.2, 0) is 9.59 Å². The Morgan fingerprint density at radius 1 is 0.706 bits per heavy atom. The predicted octanol–water partition coefficient (Wildman–Crippen LogP) is 4.73. The number of carbonyl (C=O) groups excluding carboxylic acids is 2. The fraction of sp³-hybridized carbons (Fsp3) is 0.185. The van der Waals surface area contributed by atoms with Crippen molar-refractivity contribution in [1.29, 1.82) is 0 Å². The number of hydrogen-bond donors (Lipinski definition) is 1. The Kier molecular flexibility index (Phi) is 6.27. The van der Waals surface area contributed by atoms with Gasteiger partial charge < -0.3 is 19.5 Å². The minimum Gasteiger partial charge on any atom is -0.497 e. The molecule has 7 heteroatoms. The number of amides is 2. The van der Waals surface area contributed by atoms with Gasteiger partial charge in [-0.25, -0.2) is 4.90 Å². The Labute approximate surface area is 198 Å². The number of methoxy groups -OCH3 is 3. The fourth-order valence-electron chi connectivity index (χ4n) is 3.82. The standard InChI is InChI=1S/C27H26N2O5/c1-16-6-9-19(14-17(16)2)29-26(30)24(18-7-10-20(32-3)11-8-18)25(27(29)31)28-22-15-21(33-4)12-13-23(22)34-5/h6-15,28H,1-5H3. The van der Waals surface area contributed by atoms with Crippen molar-refractivity contribution in [2.45, 2.75) is 13.8 Å². The summed E-state index contributed by atoms with van der Waals surface area (Å²) in [5, 5.41) is 3.15. The maximum absolute atomic E-state index is 13.7. The van der Waals surface area contributed by atoms with Gasteiger partial charge in [0.15, 0.2) is 0 Å². The number of benzene rings is 3. The van der Waals surface area contributed by atoms with Gasteiger partial charge in [-0.3, -0.25) is 9.59 Å². The van der Waals surface area contributed by atoms with Gasteiger partial charge in [-0.15, -0.1) is 0 Å². The molecule has 0 atom stereocenters. The lowest BCUT2D eigenvalue weighted by Gasteiger charge is -2.17. The van der Waals surface area contributed by atoms with Crippen LogP contribution in [0.25, 0.3) is 5.57 Å². The average molecular weight is 459 g/mol. The number of anilines is 2. The summed E-state index contributed by atoms with van der Waals surface area (Å²) in [5.74, 6) is 0.868. The van der Waals surface area contributed by atoms with Crippen LogP contribution in [0.3, 0.4) is 0 Å². The molecule has 0 bridgehead atoms. The van der Waals surface area contributed by atoms with E-state index in [0.717, 1.165) is 11.1 Å². The number of nitrogens with zero attached hydrogens (tertiary/aromatic N) is 1. The molecular weight excluding hydrogens is 432 g/mol. The molecular formula is C27H26N2O5. The van der Waals surface area contributed by atoms with Gasteiger partial charge in [-0.05, 0) is 66.9 Å². The number of rotatable bonds is 7. The van der Waals surface area contributed by atoms with Gasteiger partial charge in [0, 0.05) is 6.07 Å². The highest BCUT2D eigenvalue weighted by Crippen LogP contribution is 2.37. The van der Waals surface area contributed by atoms with E-state index < -0.39 is 11.8 Å². The lowest BCUT2D eigenvalue weighted by molar-refractivity contribution is -0.120. The highest BCUT2D eigenvalue weighted by Gasteiger charge is 2.40. The first-order chi connectivity index (χ1) is 16.4. The number of hydrogen-bond acceptors (Lipinski definition) is 6. The van der Waals surface area contributed by atoms with E-state index in [1.165, 1.54) is 12.0 Å². The third-order valence-corrected chi connectivity index (χ3v) is 5.88. The highest BCUT2D eigenvalue weighted by atomic mass is 16.5. The Morgan fingerprint density at radius 3 is 2.00 bits per heavy atom. The molecule has 1 aliphatic rings. The van der Waals surface area contributed by atoms with Crippen LogP contribution >= 0.6 is 0 Å². The molecule has 0 unspecified atom stereocenters. The van der Waals surface area contributed by atoms with E-state index in [4.69, 9.17) is 14.2 Å². The van der Waals surface area contributed by atoms with Crippen LogP contribution in [0.15, 0.2) is 66.4 Å². The SMILES string of the molecule is COc1ccc(C2=C(Nc3cc(OC)ccc3OC)C(=O)N(c3ccc(C)c(C)c3)C2=O)cc1. The molecule has 0 spiro atoms. The van der Waals surface area contributed by atoms with Crippen molar-refractivity contribution in [2.24, 2.45) is 0 Å². The number of imide groups is 1. The van der Waals surface area contributed by atoms with Crippen molar-refractivity contribution in [3.05, 3.63) is 83.1 Å². The second-order valence-corrected chi connectivity index (χ2v) is 7.88. The number of nitrogens with one attached hydrogen (secondary N) is 1. The van der Waals surface area contributed by atoms with E-state index in [9.17, 15) is 9.59 Å². The summed E-state index contributed by atoms with van der Waals surface area (Å²) in [5.41, 5.74) is 4.08. The third kappa shape index (κ3) is 4.08. The number of carbonyl (C=O) groups is 2. The maximum Gasteiger partial charge on any atom is 0.282 e. The zero-order chi connectivity index (χ0) is 24.4. The average Bonchev–Trinajstić information content (AvgIpc) is 3.09. The molecule has 0 radical (unpaired) electrons. The summed E-state index contributed by atoms with van der Waals surface area (Å²) >= 11 is 0. The van der Waals surface area contributed by atoms with E-state index in [-0.39, 0.29) is 11.3 Å². The van der Waals surface area contributed by atoms with Crippen molar-refractivity contribution in [2.75, 3.05) is 31.5 Å². The van der Waals surface area contributed by atoms with Crippen LogP contribution in [0.2, 0.25) is 0 Å². The van der Waals surface area contributed by atoms with Gasteiger partial charge in [0.1, 0.15) is 22.9 Å². The van der Waals surface area contributed by atoms with Crippen LogP contribution in [-0.4, -0.2) is 33.1 Å². The first kappa shape index (κ1) is 22.9. The van der Waals surface area contributed by atoms with Crippen molar-refractivity contribution in [3.8, 4) is 17.2 Å². The summed E-state index contributed by atoms with van der Waals surface area (Å²) in [7, 11) is 4.66. The van der Waals surface area contributed by atoms with E-state index in [2.05, 4.69) is 5.32 Å². The molecule has 3 aromatic rings. The summed E-state index contributed by atoms with van der Waals surface area (Å²) in [6.07, 6.45) is 0. The van der Waals surface area contributed by atoms with Crippen LogP contribution in [0.4, 0.5) is 11.4 Å². The summed E-state index contributed by atoms with van der Waals surface area (Å²) in [6.45, 7) is 3.93. The van der Waals surface area contributed by atoms with Gasteiger partial charge in [-0.1, -0.05) is 18.2 Å².